The van der Waals surface area contributed by atoms with Crippen LogP contribution in [-0.4, -0.2) is 24.5 Å². The maximum atomic E-state index is 2.61. The van der Waals surface area contributed by atoms with Gasteiger partial charge in [0.05, 0.1) is 0 Å². The van der Waals surface area contributed by atoms with Gasteiger partial charge in [-0.2, -0.15) is 0 Å². The number of rotatable bonds is 10. The molecule has 0 rings (SSSR count). The number of unbranched alkanes of at least 4 members (excludes halogenated alkanes) is 5. The zero-order chi connectivity index (χ0) is 15.6. The summed E-state index contributed by atoms with van der Waals surface area (Å²) in [7, 11) is 0. The fraction of sp³-hybridized carbons (Fsp3) is 1.00. The molecule has 0 amide bonds. The van der Waals surface area contributed by atoms with Crippen molar-refractivity contribution in [3.8, 4) is 0 Å². The molecule has 1 heteroatoms. The zero-order valence-corrected chi connectivity index (χ0v) is 15.5. The van der Waals surface area contributed by atoms with Crippen LogP contribution in [0.5, 0.6) is 0 Å². The second-order valence-corrected chi connectivity index (χ2v) is 8.86. The Hall–Kier alpha value is -0.0400. The van der Waals surface area contributed by atoms with Gasteiger partial charge in [-0.3, -0.25) is 0 Å². The Morgan fingerprint density at radius 2 is 1.15 bits per heavy atom. The lowest BCUT2D eigenvalue weighted by atomic mass is 9.89. The summed E-state index contributed by atoms with van der Waals surface area (Å²) in [5, 5.41) is 0. The molecule has 20 heavy (non-hydrogen) atoms. The van der Waals surface area contributed by atoms with Gasteiger partial charge in [-0.1, -0.05) is 80.6 Å². The quantitative estimate of drug-likeness (QED) is 0.436. The Bertz CT molecular complexity index is 219. The van der Waals surface area contributed by atoms with Crippen molar-refractivity contribution in [1.29, 1.82) is 0 Å². The fourth-order valence-corrected chi connectivity index (χ4v) is 2.72. The van der Waals surface area contributed by atoms with Crippen molar-refractivity contribution < 1.29 is 0 Å². The minimum absolute atomic E-state index is 0.433. The molecule has 1 nitrogen and oxygen atoms in total. The van der Waals surface area contributed by atoms with E-state index in [-0.39, 0.29) is 0 Å². The van der Waals surface area contributed by atoms with Crippen molar-refractivity contribution in [3.05, 3.63) is 0 Å². The van der Waals surface area contributed by atoms with Crippen molar-refractivity contribution in [2.45, 2.75) is 93.4 Å². The number of nitrogens with zero attached hydrogens (tertiary/aromatic N) is 1. The molecule has 0 radical (unpaired) electrons. The van der Waals surface area contributed by atoms with Crippen LogP contribution in [0, 0.1) is 10.8 Å². The largest absolute Gasteiger partial charge is 0.303 e. The van der Waals surface area contributed by atoms with Gasteiger partial charge in [-0.15, -0.1) is 0 Å². The summed E-state index contributed by atoms with van der Waals surface area (Å²) in [4.78, 5) is 2.61. The van der Waals surface area contributed by atoms with E-state index in [0.717, 1.165) is 0 Å². The van der Waals surface area contributed by atoms with Gasteiger partial charge < -0.3 is 4.90 Å². The summed E-state index contributed by atoms with van der Waals surface area (Å²) in [5.41, 5.74) is 0.956. The molecule has 0 aromatic rings. The second-order valence-electron chi connectivity index (χ2n) is 8.86. The predicted molar refractivity (Wildman–Crippen MR) is 93.3 cm³/mol. The summed E-state index contributed by atoms with van der Waals surface area (Å²) < 4.78 is 0. The van der Waals surface area contributed by atoms with Gasteiger partial charge in [0.25, 0.3) is 0 Å². The number of hydrogen-bond acceptors (Lipinski definition) is 1. The molecule has 0 aromatic heterocycles. The minimum atomic E-state index is 0.433. The summed E-state index contributed by atoms with van der Waals surface area (Å²) >= 11 is 0. The highest BCUT2D eigenvalue weighted by molar-refractivity contribution is 4.68. The third kappa shape index (κ3) is 14.4. The molecule has 0 fully saturated rings. The SMILES string of the molecule is CCN(CCCCCCCCC(C)(C)C)CC(C)(C)C. The van der Waals surface area contributed by atoms with Crippen LogP contribution in [0.4, 0.5) is 0 Å². The molecule has 0 saturated heterocycles. The van der Waals surface area contributed by atoms with Crippen LogP contribution in [0.3, 0.4) is 0 Å². The molecule has 0 atom stereocenters. The van der Waals surface area contributed by atoms with E-state index in [0.29, 0.717) is 10.8 Å². The first-order valence-corrected chi connectivity index (χ1v) is 8.86. The topological polar surface area (TPSA) is 3.24 Å². The first-order chi connectivity index (χ1) is 9.14. The third-order valence-corrected chi connectivity index (χ3v) is 3.80. The molecule has 0 saturated carbocycles. The number of hydrogen-bond donors (Lipinski definition) is 0. The van der Waals surface area contributed by atoms with E-state index in [9.17, 15) is 0 Å². The lowest BCUT2D eigenvalue weighted by Gasteiger charge is -2.28. The molecule has 0 bridgehead atoms. The monoisotopic (exact) mass is 283 g/mol. The maximum Gasteiger partial charge on any atom is 0.00299 e. The molecule has 0 heterocycles. The van der Waals surface area contributed by atoms with E-state index in [2.05, 4.69) is 53.4 Å². The average Bonchev–Trinajstić information content (AvgIpc) is 2.28. The highest BCUT2D eigenvalue weighted by atomic mass is 15.1. The lowest BCUT2D eigenvalue weighted by molar-refractivity contribution is 0.196. The zero-order valence-electron chi connectivity index (χ0n) is 15.5. The van der Waals surface area contributed by atoms with Gasteiger partial charge in [0.1, 0.15) is 0 Å². The summed E-state index contributed by atoms with van der Waals surface area (Å²) in [5.74, 6) is 0. The average molecular weight is 284 g/mol. The highest BCUT2D eigenvalue weighted by Gasteiger charge is 2.14. The molecule has 0 spiro atoms. The van der Waals surface area contributed by atoms with Crippen LogP contribution in [-0.2, 0) is 0 Å². The molecular formula is C19H41N. The second kappa shape index (κ2) is 9.82. The van der Waals surface area contributed by atoms with Crippen molar-refractivity contribution in [2.24, 2.45) is 10.8 Å². The molecule has 0 aromatic carbocycles. The minimum Gasteiger partial charge on any atom is -0.303 e. The van der Waals surface area contributed by atoms with Gasteiger partial charge in [0.15, 0.2) is 0 Å². The van der Waals surface area contributed by atoms with E-state index in [1.54, 1.807) is 0 Å². The van der Waals surface area contributed by atoms with E-state index in [4.69, 9.17) is 0 Å². The summed E-state index contributed by atoms with van der Waals surface area (Å²) in [6.07, 6.45) is 9.87. The molecular weight excluding hydrogens is 242 g/mol. The van der Waals surface area contributed by atoms with Gasteiger partial charge in [-0.05, 0) is 36.8 Å². The Morgan fingerprint density at radius 3 is 1.60 bits per heavy atom. The van der Waals surface area contributed by atoms with Crippen molar-refractivity contribution in [1.82, 2.24) is 4.90 Å². The normalized spacial score (nSPS) is 13.2. The van der Waals surface area contributed by atoms with Crippen LogP contribution in [0.15, 0.2) is 0 Å². The molecule has 0 aliphatic heterocycles. The Kier molecular flexibility index (Phi) is 9.80. The summed E-state index contributed by atoms with van der Waals surface area (Å²) in [6.45, 7) is 20.1. The predicted octanol–water partition coefficient (Wildman–Crippen LogP) is 6.13. The smallest absolute Gasteiger partial charge is 0.00299 e. The first-order valence-electron chi connectivity index (χ1n) is 8.86. The molecule has 0 N–H and O–H groups in total. The Balaban J connectivity index is 3.47. The Morgan fingerprint density at radius 1 is 0.650 bits per heavy atom. The van der Waals surface area contributed by atoms with E-state index < -0.39 is 0 Å². The van der Waals surface area contributed by atoms with Crippen molar-refractivity contribution >= 4 is 0 Å². The van der Waals surface area contributed by atoms with Gasteiger partial charge in [-0.25, -0.2) is 0 Å². The van der Waals surface area contributed by atoms with Crippen LogP contribution < -0.4 is 0 Å². The standard InChI is InChI=1S/C19H41N/c1-8-20(17-19(5,6)7)16-14-12-10-9-11-13-15-18(2,3)4/h8-17H2,1-7H3. The van der Waals surface area contributed by atoms with Crippen LogP contribution in [0.25, 0.3) is 0 Å². The molecule has 0 unspecified atom stereocenters. The lowest BCUT2D eigenvalue weighted by Crippen LogP contribution is -2.33. The molecule has 0 aliphatic rings. The summed E-state index contributed by atoms with van der Waals surface area (Å²) in [6, 6.07) is 0. The van der Waals surface area contributed by atoms with Crippen molar-refractivity contribution in [3.63, 3.8) is 0 Å². The van der Waals surface area contributed by atoms with Crippen LogP contribution in [0.1, 0.15) is 93.4 Å². The van der Waals surface area contributed by atoms with E-state index in [1.807, 2.05) is 0 Å². The molecule has 122 valence electrons. The van der Waals surface area contributed by atoms with Crippen molar-refractivity contribution in [2.75, 3.05) is 19.6 Å². The Labute approximate surface area is 129 Å². The molecule has 0 aliphatic carbocycles. The van der Waals surface area contributed by atoms with Gasteiger partial charge in [0.2, 0.25) is 0 Å². The van der Waals surface area contributed by atoms with Gasteiger partial charge in [0, 0.05) is 6.54 Å². The first kappa shape index (κ1) is 20.0. The highest BCUT2D eigenvalue weighted by Crippen LogP contribution is 2.22. The fourth-order valence-electron chi connectivity index (χ4n) is 2.72. The van der Waals surface area contributed by atoms with E-state index in [1.165, 1.54) is 64.6 Å². The van der Waals surface area contributed by atoms with Crippen LogP contribution in [0.2, 0.25) is 0 Å². The van der Waals surface area contributed by atoms with Crippen LogP contribution >= 0.6 is 0 Å². The third-order valence-electron chi connectivity index (χ3n) is 3.80. The van der Waals surface area contributed by atoms with E-state index >= 15 is 0 Å². The van der Waals surface area contributed by atoms with Gasteiger partial charge >= 0.3 is 0 Å². The maximum absolute atomic E-state index is 2.61.